The van der Waals surface area contributed by atoms with Crippen molar-refractivity contribution in [3.63, 3.8) is 0 Å². The third kappa shape index (κ3) is 4.72. The number of amides is 1. The molecule has 0 aliphatic rings. The lowest BCUT2D eigenvalue weighted by molar-refractivity contribution is -0.116. The lowest BCUT2D eigenvalue weighted by atomic mass is 10.3. The quantitative estimate of drug-likeness (QED) is 0.371. The van der Waals surface area contributed by atoms with Crippen molar-refractivity contribution >= 4 is 66.5 Å². The highest BCUT2D eigenvalue weighted by molar-refractivity contribution is 8.01. The lowest BCUT2D eigenvalue weighted by Gasteiger charge is -2.16. The Bertz CT molecular complexity index is 1130. The molecule has 4 aromatic rings. The molecule has 0 unspecified atom stereocenters. The molecule has 154 valence electrons. The topological polar surface area (TPSA) is 80.2 Å². The Morgan fingerprint density at radius 2 is 2.03 bits per heavy atom. The van der Waals surface area contributed by atoms with Crippen molar-refractivity contribution in [2.75, 3.05) is 29.6 Å². The standard InChI is InChI=1S/C20H19N5O2S3/c1-3-25(19-22-15-9-4-5-10-16(15)29-19)17(26)12-28-20-24-23-18(30-20)21-13-7-6-8-14(11-13)27-2/h4-11H,3,12H2,1-2H3,(H,21,23). The van der Waals surface area contributed by atoms with Gasteiger partial charge in [-0.1, -0.05) is 52.6 Å². The van der Waals surface area contributed by atoms with Crippen molar-refractivity contribution in [2.24, 2.45) is 0 Å². The summed E-state index contributed by atoms with van der Waals surface area (Å²) in [6, 6.07) is 15.5. The van der Waals surface area contributed by atoms with Gasteiger partial charge in [0.15, 0.2) is 9.47 Å². The van der Waals surface area contributed by atoms with Gasteiger partial charge < -0.3 is 10.1 Å². The van der Waals surface area contributed by atoms with Gasteiger partial charge in [-0.05, 0) is 31.2 Å². The van der Waals surface area contributed by atoms with Crippen LogP contribution in [0.3, 0.4) is 0 Å². The summed E-state index contributed by atoms with van der Waals surface area (Å²) in [7, 11) is 1.63. The van der Waals surface area contributed by atoms with Crippen LogP contribution >= 0.6 is 34.4 Å². The van der Waals surface area contributed by atoms with Crippen molar-refractivity contribution < 1.29 is 9.53 Å². The van der Waals surface area contributed by atoms with E-state index in [0.29, 0.717) is 11.7 Å². The summed E-state index contributed by atoms with van der Waals surface area (Å²) in [6.07, 6.45) is 0. The molecule has 1 amide bonds. The molecule has 0 saturated heterocycles. The third-order valence-electron chi connectivity index (χ3n) is 4.18. The summed E-state index contributed by atoms with van der Waals surface area (Å²) in [5, 5.41) is 12.9. The third-order valence-corrected chi connectivity index (χ3v) is 7.19. The first-order valence-corrected chi connectivity index (χ1v) is 11.8. The molecular weight excluding hydrogens is 438 g/mol. The largest absolute Gasteiger partial charge is 0.497 e. The zero-order valence-electron chi connectivity index (χ0n) is 16.4. The van der Waals surface area contributed by atoms with Crippen LogP contribution in [0, 0.1) is 0 Å². The van der Waals surface area contributed by atoms with Gasteiger partial charge in [-0.25, -0.2) is 4.98 Å². The SMILES string of the molecule is CCN(C(=O)CSc1nnc(Nc2cccc(OC)c2)s1)c1nc2ccccc2s1. The number of nitrogens with one attached hydrogen (secondary N) is 1. The zero-order chi connectivity index (χ0) is 20.9. The first kappa shape index (κ1) is 20.6. The van der Waals surface area contributed by atoms with E-state index in [4.69, 9.17) is 4.74 Å². The molecule has 0 aliphatic heterocycles. The molecule has 0 aliphatic carbocycles. The minimum atomic E-state index is -0.000869. The van der Waals surface area contributed by atoms with Gasteiger partial charge in [0.2, 0.25) is 11.0 Å². The molecule has 2 aromatic carbocycles. The molecule has 7 nitrogen and oxygen atoms in total. The van der Waals surface area contributed by atoms with Crippen molar-refractivity contribution in [3.8, 4) is 5.75 Å². The normalized spacial score (nSPS) is 10.9. The van der Waals surface area contributed by atoms with Crippen LogP contribution in [0.1, 0.15) is 6.92 Å². The number of methoxy groups -OCH3 is 1. The summed E-state index contributed by atoms with van der Waals surface area (Å²) in [6.45, 7) is 2.52. The Morgan fingerprint density at radius 3 is 2.83 bits per heavy atom. The van der Waals surface area contributed by atoms with Gasteiger partial charge in [-0.15, -0.1) is 10.2 Å². The van der Waals surface area contributed by atoms with Gasteiger partial charge in [-0.3, -0.25) is 9.69 Å². The molecule has 0 spiro atoms. The number of thioether (sulfide) groups is 1. The minimum absolute atomic E-state index is 0.000869. The number of carbonyl (C=O) groups is 1. The van der Waals surface area contributed by atoms with E-state index in [0.717, 1.165) is 31.1 Å². The highest BCUT2D eigenvalue weighted by Crippen LogP contribution is 2.31. The summed E-state index contributed by atoms with van der Waals surface area (Å²) in [5.41, 5.74) is 1.78. The fourth-order valence-electron chi connectivity index (χ4n) is 2.74. The molecule has 2 heterocycles. The maximum absolute atomic E-state index is 12.8. The van der Waals surface area contributed by atoms with Gasteiger partial charge in [-0.2, -0.15) is 0 Å². The van der Waals surface area contributed by atoms with Crippen LogP contribution in [0.2, 0.25) is 0 Å². The highest BCUT2D eigenvalue weighted by atomic mass is 32.2. The number of hydrogen-bond acceptors (Lipinski definition) is 9. The van der Waals surface area contributed by atoms with Gasteiger partial charge in [0.1, 0.15) is 5.75 Å². The summed E-state index contributed by atoms with van der Waals surface area (Å²) in [5.74, 6) is 1.04. The molecule has 10 heteroatoms. The summed E-state index contributed by atoms with van der Waals surface area (Å²) >= 11 is 4.31. The predicted molar refractivity (Wildman–Crippen MR) is 125 cm³/mol. The molecule has 1 N–H and O–H groups in total. The van der Waals surface area contributed by atoms with E-state index < -0.39 is 0 Å². The molecular formula is C20H19N5O2S3. The first-order chi connectivity index (χ1) is 14.7. The Hall–Kier alpha value is -2.69. The molecule has 30 heavy (non-hydrogen) atoms. The second-order valence-electron chi connectivity index (χ2n) is 6.12. The molecule has 0 fully saturated rings. The van der Waals surface area contributed by atoms with Crippen molar-refractivity contribution in [1.29, 1.82) is 0 Å². The van der Waals surface area contributed by atoms with E-state index in [9.17, 15) is 4.79 Å². The van der Waals surface area contributed by atoms with E-state index in [-0.39, 0.29) is 11.7 Å². The summed E-state index contributed by atoms with van der Waals surface area (Å²) < 4.78 is 7.03. The smallest absolute Gasteiger partial charge is 0.239 e. The van der Waals surface area contributed by atoms with E-state index in [1.807, 2.05) is 55.5 Å². The number of aromatic nitrogens is 3. The van der Waals surface area contributed by atoms with Crippen LogP contribution in [-0.2, 0) is 4.79 Å². The predicted octanol–water partition coefficient (Wildman–Crippen LogP) is 5.05. The molecule has 4 rings (SSSR count). The van der Waals surface area contributed by atoms with Crippen LogP contribution in [0.15, 0.2) is 52.9 Å². The van der Waals surface area contributed by atoms with Crippen LogP contribution in [-0.4, -0.2) is 40.5 Å². The number of ether oxygens (including phenoxy) is 1. The number of carbonyl (C=O) groups excluding carboxylic acids is 1. The number of para-hydroxylation sites is 1. The Morgan fingerprint density at radius 1 is 1.17 bits per heavy atom. The number of nitrogens with zero attached hydrogens (tertiary/aromatic N) is 4. The first-order valence-electron chi connectivity index (χ1n) is 9.19. The van der Waals surface area contributed by atoms with Crippen LogP contribution in [0.5, 0.6) is 5.75 Å². The summed E-state index contributed by atoms with van der Waals surface area (Å²) in [4.78, 5) is 19.1. The fourth-order valence-corrected chi connectivity index (χ4v) is 5.43. The molecule has 0 saturated carbocycles. The number of benzene rings is 2. The van der Waals surface area contributed by atoms with E-state index in [1.165, 1.54) is 34.4 Å². The second kappa shape index (κ2) is 9.41. The monoisotopic (exact) mass is 457 g/mol. The minimum Gasteiger partial charge on any atom is -0.497 e. The van der Waals surface area contributed by atoms with Crippen LogP contribution in [0.25, 0.3) is 10.2 Å². The average molecular weight is 458 g/mol. The number of fused-ring (bicyclic) bond motifs is 1. The van der Waals surface area contributed by atoms with Crippen molar-refractivity contribution in [1.82, 2.24) is 15.2 Å². The Kier molecular flexibility index (Phi) is 6.46. The Balaban J connectivity index is 1.38. The van der Waals surface area contributed by atoms with Gasteiger partial charge in [0, 0.05) is 18.3 Å². The van der Waals surface area contributed by atoms with E-state index in [2.05, 4.69) is 20.5 Å². The highest BCUT2D eigenvalue weighted by Gasteiger charge is 2.19. The van der Waals surface area contributed by atoms with Crippen LogP contribution < -0.4 is 15.0 Å². The molecule has 2 aromatic heterocycles. The van der Waals surface area contributed by atoms with Crippen molar-refractivity contribution in [2.45, 2.75) is 11.3 Å². The van der Waals surface area contributed by atoms with E-state index in [1.54, 1.807) is 12.0 Å². The Labute approximate surface area is 186 Å². The molecule has 0 bridgehead atoms. The number of hydrogen-bond donors (Lipinski definition) is 1. The fraction of sp³-hybridized carbons (Fsp3) is 0.200. The maximum atomic E-state index is 12.8. The maximum Gasteiger partial charge on any atom is 0.239 e. The average Bonchev–Trinajstić information content (AvgIpc) is 3.39. The van der Waals surface area contributed by atoms with Gasteiger partial charge in [0.25, 0.3) is 0 Å². The molecule has 0 radical (unpaired) electrons. The van der Waals surface area contributed by atoms with Gasteiger partial charge in [0.05, 0.1) is 23.1 Å². The zero-order valence-corrected chi connectivity index (χ0v) is 18.8. The number of thiazole rings is 1. The molecule has 0 atom stereocenters. The van der Waals surface area contributed by atoms with E-state index >= 15 is 0 Å². The van der Waals surface area contributed by atoms with Crippen molar-refractivity contribution in [3.05, 3.63) is 48.5 Å². The number of rotatable bonds is 8. The lowest BCUT2D eigenvalue weighted by Crippen LogP contribution is -2.31. The number of anilines is 3. The van der Waals surface area contributed by atoms with Crippen LogP contribution in [0.4, 0.5) is 16.0 Å². The van der Waals surface area contributed by atoms with Gasteiger partial charge >= 0.3 is 0 Å². The second-order valence-corrected chi connectivity index (χ2v) is 9.33.